The zero-order valence-electron chi connectivity index (χ0n) is 11.8. The molecular formula is C13H25NO4. The van der Waals surface area contributed by atoms with Crippen LogP contribution in [0.4, 0.5) is 4.79 Å². The van der Waals surface area contributed by atoms with Gasteiger partial charge in [-0.2, -0.15) is 0 Å². The Morgan fingerprint density at radius 3 is 2.39 bits per heavy atom. The van der Waals surface area contributed by atoms with E-state index in [1.165, 1.54) is 0 Å². The molecule has 106 valence electrons. The van der Waals surface area contributed by atoms with Gasteiger partial charge < -0.3 is 15.2 Å². The number of carboxylic acids is 1. The predicted molar refractivity (Wildman–Crippen MR) is 69.5 cm³/mol. The molecule has 0 aromatic heterocycles. The van der Waals surface area contributed by atoms with Gasteiger partial charge in [0, 0.05) is 6.54 Å². The molecule has 1 amide bonds. The first kappa shape index (κ1) is 16.7. The Kier molecular flexibility index (Phi) is 7.39. The first-order chi connectivity index (χ1) is 8.27. The number of carboxylic acid groups (broad SMARTS) is 1. The highest BCUT2D eigenvalue weighted by Gasteiger charge is 2.27. The summed E-state index contributed by atoms with van der Waals surface area (Å²) in [7, 11) is 0. The number of hydrogen-bond donors (Lipinski definition) is 2. The van der Waals surface area contributed by atoms with Gasteiger partial charge in [0.25, 0.3) is 0 Å². The van der Waals surface area contributed by atoms with Gasteiger partial charge >= 0.3 is 12.1 Å². The molecule has 0 bridgehead atoms. The van der Waals surface area contributed by atoms with Crippen molar-refractivity contribution in [2.24, 2.45) is 11.3 Å². The van der Waals surface area contributed by atoms with Crippen molar-refractivity contribution in [2.75, 3.05) is 13.2 Å². The standard InChI is InChI=1S/C13H25NO4/c1-5-6-7-18-12(17)14-9-10(8-11(15)16)13(2,3)4/h10H,5-9H2,1-4H3,(H,14,17)(H,15,16). The molecule has 0 fully saturated rings. The van der Waals surface area contributed by atoms with Gasteiger partial charge in [0.2, 0.25) is 0 Å². The second-order valence-electron chi connectivity index (χ2n) is 5.53. The number of amides is 1. The molecule has 0 aliphatic carbocycles. The zero-order valence-corrected chi connectivity index (χ0v) is 11.8. The van der Waals surface area contributed by atoms with Crippen molar-refractivity contribution in [1.29, 1.82) is 0 Å². The van der Waals surface area contributed by atoms with Crippen LogP contribution in [0, 0.1) is 11.3 Å². The van der Waals surface area contributed by atoms with E-state index in [-0.39, 0.29) is 17.8 Å². The third-order valence-corrected chi connectivity index (χ3v) is 2.87. The average molecular weight is 259 g/mol. The van der Waals surface area contributed by atoms with Crippen LogP contribution in [0.5, 0.6) is 0 Å². The molecule has 0 saturated carbocycles. The molecule has 5 heteroatoms. The summed E-state index contributed by atoms with van der Waals surface area (Å²) >= 11 is 0. The summed E-state index contributed by atoms with van der Waals surface area (Å²) in [6, 6.07) is 0. The van der Waals surface area contributed by atoms with Gasteiger partial charge in [0.15, 0.2) is 0 Å². The molecule has 1 unspecified atom stereocenters. The molecule has 0 saturated heterocycles. The van der Waals surface area contributed by atoms with Gasteiger partial charge in [0.05, 0.1) is 13.0 Å². The number of hydrogen-bond acceptors (Lipinski definition) is 3. The third kappa shape index (κ3) is 7.92. The molecule has 0 aliphatic rings. The van der Waals surface area contributed by atoms with Crippen LogP contribution in [0.15, 0.2) is 0 Å². The number of aliphatic carboxylic acids is 1. The topological polar surface area (TPSA) is 75.6 Å². The molecule has 18 heavy (non-hydrogen) atoms. The number of nitrogens with one attached hydrogen (secondary N) is 1. The third-order valence-electron chi connectivity index (χ3n) is 2.87. The Morgan fingerprint density at radius 1 is 1.33 bits per heavy atom. The van der Waals surface area contributed by atoms with Crippen molar-refractivity contribution >= 4 is 12.1 Å². The Balaban J connectivity index is 4.10. The highest BCUT2D eigenvalue weighted by Crippen LogP contribution is 2.28. The van der Waals surface area contributed by atoms with Gasteiger partial charge in [-0.15, -0.1) is 0 Å². The van der Waals surface area contributed by atoms with E-state index in [9.17, 15) is 9.59 Å². The predicted octanol–water partition coefficient (Wildman–Crippen LogP) is 2.65. The van der Waals surface area contributed by atoms with E-state index in [0.717, 1.165) is 12.8 Å². The molecule has 0 aromatic rings. The van der Waals surface area contributed by atoms with E-state index in [2.05, 4.69) is 5.32 Å². The minimum Gasteiger partial charge on any atom is -0.481 e. The maximum atomic E-state index is 11.4. The summed E-state index contributed by atoms with van der Waals surface area (Å²) < 4.78 is 4.95. The van der Waals surface area contributed by atoms with E-state index >= 15 is 0 Å². The fourth-order valence-electron chi connectivity index (χ4n) is 1.46. The van der Waals surface area contributed by atoms with Gasteiger partial charge in [-0.1, -0.05) is 34.1 Å². The van der Waals surface area contributed by atoms with Gasteiger partial charge in [-0.3, -0.25) is 4.79 Å². The number of ether oxygens (including phenoxy) is 1. The fourth-order valence-corrected chi connectivity index (χ4v) is 1.46. The molecule has 0 rings (SSSR count). The highest BCUT2D eigenvalue weighted by atomic mass is 16.5. The van der Waals surface area contributed by atoms with Crippen LogP contribution in [0.3, 0.4) is 0 Å². The van der Waals surface area contributed by atoms with Crippen molar-refractivity contribution in [3.63, 3.8) is 0 Å². The van der Waals surface area contributed by atoms with Crippen LogP contribution in [0.25, 0.3) is 0 Å². The number of unbranched alkanes of at least 4 members (excludes halogenated alkanes) is 1. The number of carbonyl (C=O) groups excluding carboxylic acids is 1. The first-order valence-electron chi connectivity index (χ1n) is 6.39. The van der Waals surface area contributed by atoms with E-state index in [0.29, 0.717) is 13.2 Å². The molecule has 0 aliphatic heterocycles. The lowest BCUT2D eigenvalue weighted by Gasteiger charge is -2.29. The molecule has 1 atom stereocenters. The van der Waals surface area contributed by atoms with Gasteiger partial charge in [-0.05, 0) is 17.8 Å². The van der Waals surface area contributed by atoms with E-state index in [4.69, 9.17) is 9.84 Å². The summed E-state index contributed by atoms with van der Waals surface area (Å²) in [5, 5.41) is 11.5. The monoisotopic (exact) mass is 259 g/mol. The summed E-state index contributed by atoms with van der Waals surface area (Å²) in [4.78, 5) is 22.1. The Labute approximate surface area is 109 Å². The molecule has 5 nitrogen and oxygen atoms in total. The fraction of sp³-hybridized carbons (Fsp3) is 0.846. The van der Waals surface area contributed by atoms with Crippen LogP contribution in [-0.4, -0.2) is 30.3 Å². The maximum absolute atomic E-state index is 11.4. The minimum absolute atomic E-state index is 0.0404. The maximum Gasteiger partial charge on any atom is 0.407 e. The van der Waals surface area contributed by atoms with Crippen molar-refractivity contribution < 1.29 is 19.4 Å². The van der Waals surface area contributed by atoms with Crippen molar-refractivity contribution in [3.05, 3.63) is 0 Å². The van der Waals surface area contributed by atoms with Gasteiger partial charge in [0.1, 0.15) is 0 Å². The Hall–Kier alpha value is -1.26. The summed E-state index contributed by atoms with van der Waals surface area (Å²) in [5.74, 6) is -0.968. The molecule has 0 spiro atoms. The molecule has 2 N–H and O–H groups in total. The smallest absolute Gasteiger partial charge is 0.407 e. The SMILES string of the molecule is CCCCOC(=O)NCC(CC(=O)O)C(C)(C)C. The lowest BCUT2D eigenvalue weighted by molar-refractivity contribution is -0.139. The van der Waals surface area contributed by atoms with E-state index in [1.807, 2.05) is 27.7 Å². The lowest BCUT2D eigenvalue weighted by Crippen LogP contribution is -2.36. The van der Waals surface area contributed by atoms with Crippen molar-refractivity contribution in [2.45, 2.75) is 47.0 Å². The van der Waals surface area contributed by atoms with Crippen LogP contribution in [-0.2, 0) is 9.53 Å². The largest absolute Gasteiger partial charge is 0.481 e. The molecule has 0 aromatic carbocycles. The van der Waals surface area contributed by atoms with E-state index < -0.39 is 12.1 Å². The number of rotatable bonds is 7. The van der Waals surface area contributed by atoms with Crippen LogP contribution in [0.1, 0.15) is 47.0 Å². The molecule has 0 radical (unpaired) electrons. The van der Waals surface area contributed by atoms with Crippen molar-refractivity contribution in [1.82, 2.24) is 5.32 Å². The molecule has 0 heterocycles. The summed E-state index contributed by atoms with van der Waals surface area (Å²) in [6.45, 7) is 8.63. The Morgan fingerprint density at radius 2 is 1.94 bits per heavy atom. The quantitative estimate of drug-likeness (QED) is 0.689. The lowest BCUT2D eigenvalue weighted by atomic mass is 9.79. The summed E-state index contributed by atoms with van der Waals surface area (Å²) in [5.41, 5.74) is -0.172. The highest BCUT2D eigenvalue weighted by molar-refractivity contribution is 5.68. The second-order valence-corrected chi connectivity index (χ2v) is 5.53. The first-order valence-corrected chi connectivity index (χ1v) is 6.39. The number of carbonyl (C=O) groups is 2. The second kappa shape index (κ2) is 7.95. The van der Waals surface area contributed by atoms with Crippen LogP contribution >= 0.6 is 0 Å². The summed E-state index contributed by atoms with van der Waals surface area (Å²) in [6.07, 6.45) is 1.38. The molecular weight excluding hydrogens is 234 g/mol. The van der Waals surface area contributed by atoms with Crippen LogP contribution < -0.4 is 5.32 Å². The normalized spacial score (nSPS) is 12.9. The van der Waals surface area contributed by atoms with Crippen molar-refractivity contribution in [3.8, 4) is 0 Å². The van der Waals surface area contributed by atoms with Gasteiger partial charge in [-0.25, -0.2) is 4.79 Å². The Bertz CT molecular complexity index is 271. The average Bonchev–Trinajstić information content (AvgIpc) is 2.22. The van der Waals surface area contributed by atoms with Crippen LogP contribution in [0.2, 0.25) is 0 Å². The minimum atomic E-state index is -0.851. The van der Waals surface area contributed by atoms with E-state index in [1.54, 1.807) is 0 Å². The zero-order chi connectivity index (χ0) is 14.2. The number of alkyl carbamates (subject to hydrolysis) is 1.